The van der Waals surface area contributed by atoms with Crippen LogP contribution in [0.5, 0.6) is 0 Å². The molecule has 1 aliphatic carbocycles. The normalized spacial score (nSPS) is 33.9. The molecule has 0 bridgehead atoms. The highest BCUT2D eigenvalue weighted by molar-refractivity contribution is 5.01. The van der Waals surface area contributed by atoms with E-state index >= 15 is 0 Å². The number of hydrogen-bond donors (Lipinski definition) is 0. The van der Waals surface area contributed by atoms with Gasteiger partial charge in [-0.1, -0.05) is 48.0 Å². The predicted molar refractivity (Wildman–Crippen MR) is 64.3 cm³/mol. The fraction of sp³-hybridized carbons (Fsp3) is 1.00. The average molecular weight is 196 g/mol. The van der Waals surface area contributed by atoms with Crippen molar-refractivity contribution < 1.29 is 0 Å². The first-order valence-electron chi connectivity index (χ1n) is 6.37. The Balaban J connectivity index is 2.34. The lowest BCUT2D eigenvalue weighted by molar-refractivity contribution is 0.297. The van der Waals surface area contributed by atoms with Gasteiger partial charge in [-0.2, -0.15) is 0 Å². The third kappa shape index (κ3) is 2.74. The van der Waals surface area contributed by atoms with E-state index in [0.717, 1.165) is 23.7 Å². The molecule has 0 radical (unpaired) electrons. The molecule has 84 valence electrons. The SMILES string of the molecule is CC(C)CCC1(C)CC1C(C)C(C)C. The van der Waals surface area contributed by atoms with E-state index in [-0.39, 0.29) is 0 Å². The first-order chi connectivity index (χ1) is 6.37. The highest BCUT2D eigenvalue weighted by Crippen LogP contribution is 2.60. The molecule has 14 heavy (non-hydrogen) atoms. The van der Waals surface area contributed by atoms with Crippen LogP contribution in [0.25, 0.3) is 0 Å². The second-order valence-corrected chi connectivity index (χ2v) is 6.50. The lowest BCUT2D eigenvalue weighted by Gasteiger charge is -2.20. The summed E-state index contributed by atoms with van der Waals surface area (Å²) in [6.45, 7) is 14.4. The van der Waals surface area contributed by atoms with Crippen LogP contribution in [-0.2, 0) is 0 Å². The van der Waals surface area contributed by atoms with E-state index in [1.54, 1.807) is 0 Å². The van der Waals surface area contributed by atoms with Crippen molar-refractivity contribution >= 4 is 0 Å². The maximum Gasteiger partial charge on any atom is -0.0292 e. The van der Waals surface area contributed by atoms with Crippen LogP contribution in [0.1, 0.15) is 60.8 Å². The van der Waals surface area contributed by atoms with Crippen molar-refractivity contribution in [3.63, 3.8) is 0 Å². The minimum atomic E-state index is 0.702. The smallest absolute Gasteiger partial charge is 0.0292 e. The molecule has 0 heteroatoms. The maximum absolute atomic E-state index is 2.50. The van der Waals surface area contributed by atoms with Crippen molar-refractivity contribution in [2.45, 2.75) is 60.8 Å². The van der Waals surface area contributed by atoms with E-state index in [4.69, 9.17) is 0 Å². The van der Waals surface area contributed by atoms with E-state index in [1.807, 2.05) is 0 Å². The third-order valence-electron chi connectivity index (χ3n) is 4.40. The van der Waals surface area contributed by atoms with Crippen LogP contribution < -0.4 is 0 Å². The summed E-state index contributed by atoms with van der Waals surface area (Å²) in [6.07, 6.45) is 4.35. The molecule has 1 fully saturated rings. The predicted octanol–water partition coefficient (Wildman–Crippen LogP) is 4.74. The van der Waals surface area contributed by atoms with Crippen LogP contribution in [0.15, 0.2) is 0 Å². The molecule has 0 amide bonds. The summed E-state index contributed by atoms with van der Waals surface area (Å²) in [5.74, 6) is 3.68. The first-order valence-corrected chi connectivity index (χ1v) is 6.37. The van der Waals surface area contributed by atoms with Crippen LogP contribution in [0.2, 0.25) is 0 Å². The van der Waals surface area contributed by atoms with Gasteiger partial charge in [0.05, 0.1) is 0 Å². The van der Waals surface area contributed by atoms with E-state index in [9.17, 15) is 0 Å². The van der Waals surface area contributed by atoms with E-state index in [0.29, 0.717) is 5.41 Å². The van der Waals surface area contributed by atoms with E-state index in [1.165, 1.54) is 19.3 Å². The molecule has 3 atom stereocenters. The van der Waals surface area contributed by atoms with Gasteiger partial charge in [-0.05, 0) is 41.9 Å². The molecule has 1 saturated carbocycles. The van der Waals surface area contributed by atoms with Crippen LogP contribution in [-0.4, -0.2) is 0 Å². The summed E-state index contributed by atoms with van der Waals surface area (Å²) in [4.78, 5) is 0. The Kier molecular flexibility index (Phi) is 3.66. The van der Waals surface area contributed by atoms with E-state index in [2.05, 4.69) is 41.5 Å². The number of hydrogen-bond acceptors (Lipinski definition) is 0. The van der Waals surface area contributed by atoms with Crippen molar-refractivity contribution in [3.05, 3.63) is 0 Å². The van der Waals surface area contributed by atoms with Crippen molar-refractivity contribution in [2.75, 3.05) is 0 Å². The highest BCUT2D eigenvalue weighted by Gasteiger charge is 2.51. The molecule has 0 spiro atoms. The second kappa shape index (κ2) is 4.24. The zero-order valence-corrected chi connectivity index (χ0v) is 10.9. The summed E-state index contributed by atoms with van der Waals surface area (Å²) in [6, 6.07) is 0. The Hall–Kier alpha value is 0. The van der Waals surface area contributed by atoms with Crippen molar-refractivity contribution in [3.8, 4) is 0 Å². The van der Waals surface area contributed by atoms with E-state index < -0.39 is 0 Å². The van der Waals surface area contributed by atoms with Crippen molar-refractivity contribution in [1.29, 1.82) is 0 Å². The van der Waals surface area contributed by atoms with Crippen LogP contribution in [0.3, 0.4) is 0 Å². The van der Waals surface area contributed by atoms with Gasteiger partial charge in [0.1, 0.15) is 0 Å². The Bertz CT molecular complexity index is 180. The standard InChI is InChI=1S/C14H28/c1-10(2)7-8-14(6)9-13(14)12(5)11(3)4/h10-13H,7-9H2,1-6H3. The molecule has 3 unspecified atom stereocenters. The number of rotatable bonds is 5. The summed E-state index contributed by atoms with van der Waals surface area (Å²) >= 11 is 0. The summed E-state index contributed by atoms with van der Waals surface area (Å²) in [5.41, 5.74) is 0.702. The Morgan fingerprint density at radius 2 is 1.71 bits per heavy atom. The van der Waals surface area contributed by atoms with Gasteiger partial charge in [0.2, 0.25) is 0 Å². The third-order valence-corrected chi connectivity index (χ3v) is 4.40. The summed E-state index contributed by atoms with van der Waals surface area (Å²) in [7, 11) is 0. The van der Waals surface area contributed by atoms with Gasteiger partial charge in [-0.3, -0.25) is 0 Å². The van der Waals surface area contributed by atoms with Gasteiger partial charge in [0, 0.05) is 0 Å². The molecule has 0 heterocycles. The van der Waals surface area contributed by atoms with Crippen LogP contribution in [0.4, 0.5) is 0 Å². The first kappa shape index (κ1) is 12.1. The monoisotopic (exact) mass is 196 g/mol. The average Bonchev–Trinajstić information content (AvgIpc) is 2.74. The molecule has 0 aliphatic heterocycles. The van der Waals surface area contributed by atoms with Gasteiger partial charge in [-0.25, -0.2) is 0 Å². The second-order valence-electron chi connectivity index (χ2n) is 6.50. The summed E-state index contributed by atoms with van der Waals surface area (Å²) < 4.78 is 0. The molecule has 0 aromatic rings. The molecule has 0 saturated heterocycles. The molecule has 0 aromatic carbocycles. The van der Waals surface area contributed by atoms with Crippen molar-refractivity contribution in [2.24, 2.45) is 29.1 Å². The lowest BCUT2D eigenvalue weighted by Crippen LogP contribution is -2.12. The van der Waals surface area contributed by atoms with Gasteiger partial charge in [0.15, 0.2) is 0 Å². The Labute approximate surface area is 90.5 Å². The fourth-order valence-electron chi connectivity index (χ4n) is 2.63. The lowest BCUT2D eigenvalue weighted by atomic mass is 9.86. The van der Waals surface area contributed by atoms with Crippen LogP contribution >= 0.6 is 0 Å². The molecule has 1 aliphatic rings. The molecule has 1 rings (SSSR count). The largest absolute Gasteiger partial charge is 0.0628 e. The van der Waals surface area contributed by atoms with Gasteiger partial charge < -0.3 is 0 Å². The van der Waals surface area contributed by atoms with Gasteiger partial charge in [0.25, 0.3) is 0 Å². The maximum atomic E-state index is 2.50. The summed E-state index contributed by atoms with van der Waals surface area (Å²) in [5, 5.41) is 0. The Morgan fingerprint density at radius 3 is 2.14 bits per heavy atom. The molecular weight excluding hydrogens is 168 g/mol. The van der Waals surface area contributed by atoms with Gasteiger partial charge in [-0.15, -0.1) is 0 Å². The zero-order valence-electron chi connectivity index (χ0n) is 10.9. The van der Waals surface area contributed by atoms with Gasteiger partial charge >= 0.3 is 0 Å². The molecular formula is C14H28. The highest BCUT2D eigenvalue weighted by atomic mass is 14.6. The quantitative estimate of drug-likeness (QED) is 0.595. The topological polar surface area (TPSA) is 0 Å². The van der Waals surface area contributed by atoms with Crippen LogP contribution in [0, 0.1) is 29.1 Å². The Morgan fingerprint density at radius 1 is 1.14 bits per heavy atom. The van der Waals surface area contributed by atoms with Crippen molar-refractivity contribution in [1.82, 2.24) is 0 Å². The molecule has 0 nitrogen and oxygen atoms in total. The molecule has 0 aromatic heterocycles. The minimum absolute atomic E-state index is 0.702. The minimum Gasteiger partial charge on any atom is -0.0628 e. The fourth-order valence-corrected chi connectivity index (χ4v) is 2.63. The molecule has 0 N–H and O–H groups in total. The zero-order chi connectivity index (χ0) is 10.9.